The second-order valence-electron chi connectivity index (χ2n) is 9.01. The molecule has 12 heteroatoms. The van der Waals surface area contributed by atoms with Gasteiger partial charge in [-0.3, -0.25) is 19.8 Å². The number of aromatic nitrogens is 3. The first-order chi connectivity index (χ1) is 18.4. The molecular formula is C26H30Cl2N6O4. The number of likely N-dealkylation sites (tertiary alicyclic amines) is 1. The van der Waals surface area contributed by atoms with Crippen LogP contribution in [0, 0.1) is 5.92 Å². The van der Waals surface area contributed by atoms with E-state index in [1.54, 1.807) is 37.4 Å². The highest BCUT2D eigenvalue weighted by molar-refractivity contribution is 6.35. The van der Waals surface area contributed by atoms with Crippen molar-refractivity contribution in [2.75, 3.05) is 45.2 Å². The van der Waals surface area contributed by atoms with Crippen molar-refractivity contribution in [1.29, 1.82) is 0 Å². The van der Waals surface area contributed by atoms with Crippen molar-refractivity contribution < 1.29 is 19.1 Å². The van der Waals surface area contributed by atoms with Crippen molar-refractivity contribution >= 4 is 41.0 Å². The number of aromatic amines is 1. The lowest BCUT2D eigenvalue weighted by molar-refractivity contribution is -0.117. The van der Waals surface area contributed by atoms with Crippen molar-refractivity contribution in [3.05, 3.63) is 63.9 Å². The van der Waals surface area contributed by atoms with Crippen LogP contribution in [-0.2, 0) is 11.2 Å². The van der Waals surface area contributed by atoms with Crippen LogP contribution in [0.4, 0.5) is 5.95 Å². The molecule has 0 radical (unpaired) electrons. The quantitative estimate of drug-likeness (QED) is 0.326. The van der Waals surface area contributed by atoms with E-state index < -0.39 is 0 Å². The predicted molar refractivity (Wildman–Crippen MR) is 145 cm³/mol. The second kappa shape index (κ2) is 13.5. The molecule has 3 N–H and O–H groups in total. The molecule has 3 aromatic rings. The monoisotopic (exact) mass is 560 g/mol. The van der Waals surface area contributed by atoms with E-state index in [0.29, 0.717) is 65.1 Å². The summed E-state index contributed by atoms with van der Waals surface area (Å²) < 4.78 is 11.3. The number of piperidine rings is 1. The molecule has 0 unspecified atom stereocenters. The fraction of sp³-hybridized carbons (Fsp3) is 0.385. The lowest BCUT2D eigenvalue weighted by Crippen LogP contribution is -2.42. The van der Waals surface area contributed by atoms with Crippen LogP contribution in [0.3, 0.4) is 0 Å². The van der Waals surface area contributed by atoms with E-state index >= 15 is 0 Å². The van der Waals surface area contributed by atoms with Crippen LogP contribution < -0.4 is 20.1 Å². The first-order valence-corrected chi connectivity index (χ1v) is 13.1. The average Bonchev–Trinajstić information content (AvgIpc) is 3.42. The van der Waals surface area contributed by atoms with E-state index in [1.807, 2.05) is 6.07 Å². The molecule has 202 valence electrons. The highest BCUT2D eigenvalue weighted by Crippen LogP contribution is 2.29. The summed E-state index contributed by atoms with van der Waals surface area (Å²) >= 11 is 12.2. The molecule has 0 saturated carbocycles. The summed E-state index contributed by atoms with van der Waals surface area (Å²) in [6, 6.07) is 10.5. The van der Waals surface area contributed by atoms with Gasteiger partial charge in [-0.25, -0.2) is 5.10 Å². The standard InChI is InChI=1S/C26H30Cl2N6O4/c1-37-22-5-3-19(12-23(22)38-11-8-18-2-4-20(27)13-21(18)28)25(36)29-14-17-6-9-34(10-7-17)15-24(35)32-26-30-16-31-33-26/h2-5,12-13,16-17H,6-11,14-15H2,1H3,(H,29,36)(H2,30,31,32,33,35). The number of benzene rings is 2. The first-order valence-electron chi connectivity index (χ1n) is 12.3. The third-order valence-electron chi connectivity index (χ3n) is 6.37. The Labute approximate surface area is 231 Å². The molecule has 1 fully saturated rings. The number of H-pyrrole nitrogens is 1. The Morgan fingerprint density at radius 1 is 1.13 bits per heavy atom. The normalized spacial score (nSPS) is 14.2. The third kappa shape index (κ3) is 7.83. The number of halogens is 2. The zero-order valence-electron chi connectivity index (χ0n) is 21.0. The van der Waals surface area contributed by atoms with E-state index in [-0.39, 0.29) is 11.8 Å². The van der Waals surface area contributed by atoms with Crippen LogP contribution >= 0.6 is 23.2 Å². The Morgan fingerprint density at radius 2 is 1.95 bits per heavy atom. The summed E-state index contributed by atoms with van der Waals surface area (Å²) in [5, 5.41) is 13.2. The molecule has 2 aromatic carbocycles. The van der Waals surface area contributed by atoms with Crippen molar-refractivity contribution in [3.8, 4) is 11.5 Å². The first kappa shape index (κ1) is 27.7. The number of hydrogen-bond acceptors (Lipinski definition) is 7. The molecule has 10 nitrogen and oxygen atoms in total. The molecule has 2 amide bonds. The van der Waals surface area contributed by atoms with Gasteiger partial charge in [-0.2, -0.15) is 10.1 Å². The minimum absolute atomic E-state index is 0.137. The highest BCUT2D eigenvalue weighted by Gasteiger charge is 2.22. The molecule has 1 aliphatic rings. The van der Waals surface area contributed by atoms with Crippen LogP contribution in [0.1, 0.15) is 28.8 Å². The average molecular weight is 561 g/mol. The summed E-state index contributed by atoms with van der Waals surface area (Å²) in [7, 11) is 1.56. The molecule has 0 spiro atoms. The Hall–Kier alpha value is -3.34. The fourth-order valence-electron chi connectivity index (χ4n) is 4.25. The Bertz CT molecular complexity index is 1230. The molecule has 1 aliphatic heterocycles. The van der Waals surface area contributed by atoms with Gasteiger partial charge >= 0.3 is 0 Å². The Kier molecular flexibility index (Phi) is 9.80. The van der Waals surface area contributed by atoms with Crippen LogP contribution in [0.5, 0.6) is 11.5 Å². The molecule has 4 rings (SSSR count). The van der Waals surface area contributed by atoms with E-state index in [4.69, 9.17) is 32.7 Å². The number of carbonyl (C=O) groups is 2. The number of nitrogens with one attached hydrogen (secondary N) is 3. The number of rotatable bonds is 11. The molecule has 0 aliphatic carbocycles. The maximum Gasteiger partial charge on any atom is 0.251 e. The van der Waals surface area contributed by atoms with Gasteiger partial charge in [-0.05, 0) is 67.7 Å². The van der Waals surface area contributed by atoms with E-state index in [2.05, 4.69) is 30.7 Å². The lowest BCUT2D eigenvalue weighted by Gasteiger charge is -2.31. The molecule has 1 aromatic heterocycles. The molecule has 0 atom stereocenters. The third-order valence-corrected chi connectivity index (χ3v) is 6.96. The zero-order valence-corrected chi connectivity index (χ0v) is 22.5. The Balaban J connectivity index is 1.22. The van der Waals surface area contributed by atoms with Gasteiger partial charge in [-0.1, -0.05) is 29.3 Å². The molecular weight excluding hydrogens is 531 g/mol. The van der Waals surface area contributed by atoms with Gasteiger partial charge in [0.2, 0.25) is 11.9 Å². The van der Waals surface area contributed by atoms with Crippen molar-refractivity contribution in [1.82, 2.24) is 25.4 Å². The highest BCUT2D eigenvalue weighted by atomic mass is 35.5. The topological polar surface area (TPSA) is 121 Å². The Morgan fingerprint density at radius 3 is 2.66 bits per heavy atom. The lowest BCUT2D eigenvalue weighted by atomic mass is 9.96. The summed E-state index contributed by atoms with van der Waals surface area (Å²) in [5.41, 5.74) is 1.41. The summed E-state index contributed by atoms with van der Waals surface area (Å²) in [4.78, 5) is 31.0. The van der Waals surface area contributed by atoms with Gasteiger partial charge in [0, 0.05) is 28.6 Å². The van der Waals surface area contributed by atoms with Crippen molar-refractivity contribution in [3.63, 3.8) is 0 Å². The van der Waals surface area contributed by atoms with Crippen LogP contribution in [0.25, 0.3) is 0 Å². The second-order valence-corrected chi connectivity index (χ2v) is 9.86. The molecule has 38 heavy (non-hydrogen) atoms. The van der Waals surface area contributed by atoms with E-state index in [0.717, 1.165) is 31.5 Å². The number of amides is 2. The maximum atomic E-state index is 12.9. The number of anilines is 1. The van der Waals surface area contributed by atoms with E-state index in [9.17, 15) is 9.59 Å². The smallest absolute Gasteiger partial charge is 0.251 e. The van der Waals surface area contributed by atoms with Gasteiger partial charge in [0.15, 0.2) is 11.5 Å². The van der Waals surface area contributed by atoms with Crippen molar-refractivity contribution in [2.24, 2.45) is 5.92 Å². The van der Waals surface area contributed by atoms with Crippen LogP contribution in [-0.4, -0.2) is 71.8 Å². The number of carbonyl (C=O) groups excluding carboxylic acids is 2. The molecule has 1 saturated heterocycles. The minimum Gasteiger partial charge on any atom is -0.493 e. The number of nitrogens with zero attached hydrogens (tertiary/aromatic N) is 3. The van der Waals surface area contributed by atoms with E-state index in [1.165, 1.54) is 6.33 Å². The van der Waals surface area contributed by atoms with Gasteiger partial charge < -0.3 is 14.8 Å². The minimum atomic E-state index is -0.174. The van der Waals surface area contributed by atoms with Crippen molar-refractivity contribution in [2.45, 2.75) is 19.3 Å². The van der Waals surface area contributed by atoms with Gasteiger partial charge in [-0.15, -0.1) is 0 Å². The van der Waals surface area contributed by atoms with Gasteiger partial charge in [0.05, 0.1) is 20.3 Å². The summed E-state index contributed by atoms with van der Waals surface area (Å²) in [6.07, 6.45) is 3.70. The SMILES string of the molecule is COc1ccc(C(=O)NCC2CCN(CC(=O)Nc3ncn[nH]3)CC2)cc1OCCc1ccc(Cl)cc1Cl. The van der Waals surface area contributed by atoms with Crippen LogP contribution in [0.15, 0.2) is 42.7 Å². The molecule has 2 heterocycles. The largest absolute Gasteiger partial charge is 0.493 e. The molecule has 0 bridgehead atoms. The number of hydrogen-bond donors (Lipinski definition) is 3. The van der Waals surface area contributed by atoms with Crippen LogP contribution in [0.2, 0.25) is 10.0 Å². The fourth-order valence-corrected chi connectivity index (χ4v) is 4.76. The van der Waals surface area contributed by atoms with Gasteiger partial charge in [0.25, 0.3) is 5.91 Å². The predicted octanol–water partition coefficient (Wildman–Crippen LogP) is 3.82. The summed E-state index contributed by atoms with van der Waals surface area (Å²) in [5.74, 6) is 1.40. The maximum absolute atomic E-state index is 12.9. The number of methoxy groups -OCH3 is 1. The zero-order chi connectivity index (χ0) is 26.9. The summed E-state index contributed by atoms with van der Waals surface area (Å²) in [6.45, 7) is 2.77. The van der Waals surface area contributed by atoms with Gasteiger partial charge in [0.1, 0.15) is 6.33 Å². The number of ether oxygens (including phenoxy) is 2.